The molecule has 0 aliphatic carbocycles. The van der Waals surface area contributed by atoms with Crippen molar-refractivity contribution < 1.29 is 14.7 Å². The fourth-order valence-electron chi connectivity index (χ4n) is 4.20. The Morgan fingerprint density at radius 2 is 1.46 bits per heavy atom. The molecule has 3 heterocycles. The van der Waals surface area contributed by atoms with Gasteiger partial charge in [-0.1, -0.05) is 0 Å². The van der Waals surface area contributed by atoms with Crippen LogP contribution < -0.4 is 10.7 Å². The van der Waals surface area contributed by atoms with Crippen molar-refractivity contribution in [1.82, 2.24) is 25.6 Å². The zero-order chi connectivity index (χ0) is 17.6. The van der Waals surface area contributed by atoms with E-state index >= 15 is 0 Å². The van der Waals surface area contributed by atoms with Gasteiger partial charge in [-0.3, -0.25) is 14.5 Å². The number of carbonyl (C=O) groups is 2. The van der Waals surface area contributed by atoms with Crippen LogP contribution in [0.4, 0.5) is 0 Å². The lowest BCUT2D eigenvalue weighted by molar-refractivity contribution is -0.141. The van der Waals surface area contributed by atoms with Crippen LogP contribution in [0.1, 0.15) is 25.7 Å². The van der Waals surface area contributed by atoms with E-state index in [1.807, 2.05) is 9.91 Å². The molecule has 0 bridgehead atoms. The average molecular weight is 463 g/mol. The first kappa shape index (κ1) is 27.6. The molecule has 3 rings (SSSR count). The Labute approximate surface area is 185 Å². The molecule has 0 spiro atoms. The third kappa shape index (κ3) is 7.82. The van der Waals surface area contributed by atoms with E-state index in [4.69, 9.17) is 5.11 Å². The molecule has 1 amide bonds. The van der Waals surface area contributed by atoms with Crippen molar-refractivity contribution in [3.05, 3.63) is 0 Å². The summed E-state index contributed by atoms with van der Waals surface area (Å²) in [5.74, 6) is -0.471. The Morgan fingerprint density at radius 1 is 0.893 bits per heavy atom. The normalized spacial score (nSPS) is 22.5. The molecule has 0 radical (unpaired) electrons. The maximum Gasteiger partial charge on any atom is 0.318 e. The summed E-state index contributed by atoms with van der Waals surface area (Å²) < 4.78 is 0. The SMILES string of the molecule is Cl.Cl.Cl.O=C(O)CNN1CCC(C(=O)N2CCN(C3CCNCC3)CC2)CC1. The highest BCUT2D eigenvalue weighted by Gasteiger charge is 2.32. The van der Waals surface area contributed by atoms with Gasteiger partial charge in [0.15, 0.2) is 0 Å². The number of carbonyl (C=O) groups excluding carboxylic acids is 1. The van der Waals surface area contributed by atoms with Crippen LogP contribution in [0.5, 0.6) is 0 Å². The molecular weight excluding hydrogens is 429 g/mol. The van der Waals surface area contributed by atoms with E-state index in [0.29, 0.717) is 11.9 Å². The lowest BCUT2D eigenvalue weighted by Gasteiger charge is -2.42. The molecule has 11 heteroatoms. The topological polar surface area (TPSA) is 88.1 Å². The van der Waals surface area contributed by atoms with E-state index in [1.165, 1.54) is 12.8 Å². The fraction of sp³-hybridized carbons (Fsp3) is 0.882. The monoisotopic (exact) mass is 461 g/mol. The smallest absolute Gasteiger partial charge is 0.318 e. The summed E-state index contributed by atoms with van der Waals surface area (Å²) in [5, 5.41) is 14.0. The van der Waals surface area contributed by atoms with Crippen molar-refractivity contribution in [3.63, 3.8) is 0 Å². The molecule has 0 aromatic rings. The van der Waals surface area contributed by atoms with Gasteiger partial charge in [-0.25, -0.2) is 10.4 Å². The van der Waals surface area contributed by atoms with E-state index in [0.717, 1.165) is 65.2 Å². The van der Waals surface area contributed by atoms with Crippen LogP contribution in [0.15, 0.2) is 0 Å². The fourth-order valence-corrected chi connectivity index (χ4v) is 4.20. The largest absolute Gasteiger partial charge is 0.480 e. The number of aliphatic carboxylic acids is 1. The van der Waals surface area contributed by atoms with E-state index in [9.17, 15) is 9.59 Å². The molecule has 0 saturated carbocycles. The summed E-state index contributed by atoms with van der Waals surface area (Å²) >= 11 is 0. The first-order valence-corrected chi connectivity index (χ1v) is 9.57. The van der Waals surface area contributed by atoms with Crippen molar-refractivity contribution in [3.8, 4) is 0 Å². The quantitative estimate of drug-likeness (QED) is 0.547. The number of carboxylic acids is 1. The van der Waals surface area contributed by atoms with Crippen LogP contribution >= 0.6 is 37.2 Å². The Hall–Kier alpha value is -0.350. The van der Waals surface area contributed by atoms with Crippen molar-refractivity contribution in [1.29, 1.82) is 0 Å². The number of hydrogen-bond donors (Lipinski definition) is 3. The zero-order valence-electron chi connectivity index (χ0n) is 16.2. The molecule has 0 aromatic heterocycles. The van der Waals surface area contributed by atoms with Gasteiger partial charge in [-0.05, 0) is 38.8 Å². The minimum atomic E-state index is -0.857. The molecule has 3 N–H and O–H groups in total. The van der Waals surface area contributed by atoms with Gasteiger partial charge >= 0.3 is 5.97 Å². The molecule has 3 saturated heterocycles. The number of hydrogen-bond acceptors (Lipinski definition) is 6. The molecule has 8 nitrogen and oxygen atoms in total. The average Bonchev–Trinajstić information content (AvgIpc) is 2.67. The number of piperidine rings is 2. The first-order valence-electron chi connectivity index (χ1n) is 9.57. The van der Waals surface area contributed by atoms with Crippen LogP contribution in [-0.4, -0.2) is 96.7 Å². The van der Waals surface area contributed by atoms with Crippen molar-refractivity contribution in [2.75, 3.05) is 58.9 Å². The number of amides is 1. The minimum absolute atomic E-state index is 0. The number of hydrazine groups is 1. The van der Waals surface area contributed by atoms with Crippen LogP contribution in [-0.2, 0) is 9.59 Å². The van der Waals surface area contributed by atoms with Crippen LogP contribution in [0.3, 0.4) is 0 Å². The second-order valence-corrected chi connectivity index (χ2v) is 7.33. The summed E-state index contributed by atoms with van der Waals surface area (Å²) in [6.07, 6.45) is 4.05. The highest BCUT2D eigenvalue weighted by atomic mass is 35.5. The molecule has 3 fully saturated rings. The number of carboxylic acid groups (broad SMARTS) is 1. The predicted molar refractivity (Wildman–Crippen MR) is 116 cm³/mol. The summed E-state index contributed by atoms with van der Waals surface area (Å²) in [6.45, 7) is 7.32. The van der Waals surface area contributed by atoms with Crippen molar-refractivity contribution >= 4 is 49.1 Å². The van der Waals surface area contributed by atoms with E-state index in [2.05, 4.69) is 15.6 Å². The van der Waals surface area contributed by atoms with Gasteiger partial charge in [0.1, 0.15) is 6.54 Å². The number of nitrogens with one attached hydrogen (secondary N) is 2. The third-order valence-electron chi connectivity index (χ3n) is 5.75. The summed E-state index contributed by atoms with van der Waals surface area (Å²) in [6, 6.07) is 0.682. The van der Waals surface area contributed by atoms with Gasteiger partial charge in [-0.15, -0.1) is 37.2 Å². The standard InChI is InChI=1S/C17H31N5O3.3ClH/c23-16(24)13-19-22-7-3-14(4-8-22)17(25)21-11-9-20(10-12-21)15-1-5-18-6-2-15;;;/h14-15,18-19H,1-13H2,(H,23,24);3*1H. The molecule has 0 unspecified atom stereocenters. The van der Waals surface area contributed by atoms with Gasteiger partial charge in [0.05, 0.1) is 0 Å². The van der Waals surface area contributed by atoms with Gasteiger partial charge in [0.2, 0.25) is 5.91 Å². The second-order valence-electron chi connectivity index (χ2n) is 7.33. The van der Waals surface area contributed by atoms with Crippen LogP contribution in [0, 0.1) is 5.92 Å². The van der Waals surface area contributed by atoms with Crippen molar-refractivity contribution in [2.24, 2.45) is 5.92 Å². The molecule has 3 aliphatic heterocycles. The Morgan fingerprint density at radius 3 is 2.00 bits per heavy atom. The van der Waals surface area contributed by atoms with E-state index < -0.39 is 5.97 Å². The molecule has 3 aliphatic rings. The van der Waals surface area contributed by atoms with Crippen LogP contribution in [0.25, 0.3) is 0 Å². The molecular formula is C17H34Cl3N5O3. The number of rotatable bonds is 5. The number of halogens is 3. The maximum absolute atomic E-state index is 12.8. The molecule has 28 heavy (non-hydrogen) atoms. The number of nitrogens with zero attached hydrogens (tertiary/aromatic N) is 3. The van der Waals surface area contributed by atoms with Gasteiger partial charge in [0, 0.05) is 51.2 Å². The highest BCUT2D eigenvalue weighted by Crippen LogP contribution is 2.21. The molecule has 166 valence electrons. The van der Waals surface area contributed by atoms with Gasteiger partial charge < -0.3 is 15.3 Å². The maximum atomic E-state index is 12.8. The van der Waals surface area contributed by atoms with Crippen LogP contribution in [0.2, 0.25) is 0 Å². The van der Waals surface area contributed by atoms with E-state index in [1.54, 1.807) is 0 Å². The lowest BCUT2D eigenvalue weighted by Crippen LogP contribution is -2.55. The Bertz CT molecular complexity index is 467. The Balaban J connectivity index is 0.00000243. The first-order chi connectivity index (χ1) is 12.1. The summed E-state index contributed by atoms with van der Waals surface area (Å²) in [7, 11) is 0. The van der Waals surface area contributed by atoms with E-state index in [-0.39, 0.29) is 49.7 Å². The molecule has 0 atom stereocenters. The minimum Gasteiger partial charge on any atom is -0.480 e. The third-order valence-corrected chi connectivity index (χ3v) is 5.75. The van der Waals surface area contributed by atoms with Crippen molar-refractivity contribution in [2.45, 2.75) is 31.7 Å². The molecule has 0 aromatic carbocycles. The predicted octanol–water partition coefficient (Wildman–Crippen LogP) is 0.449. The second kappa shape index (κ2) is 13.8. The zero-order valence-corrected chi connectivity index (χ0v) is 18.6. The lowest BCUT2D eigenvalue weighted by atomic mass is 9.95. The van der Waals surface area contributed by atoms with Gasteiger partial charge in [-0.2, -0.15) is 0 Å². The van der Waals surface area contributed by atoms with Gasteiger partial charge in [0.25, 0.3) is 0 Å². The highest BCUT2D eigenvalue weighted by molar-refractivity contribution is 5.86. The summed E-state index contributed by atoms with van der Waals surface area (Å²) in [5.41, 5.74) is 2.90. The Kier molecular flexibility index (Phi) is 13.6. The summed E-state index contributed by atoms with van der Waals surface area (Å²) in [4.78, 5) is 28.0. The number of piperazine rings is 1.